The lowest BCUT2D eigenvalue weighted by atomic mass is 9.87. The standard InChI is InChI=1S/C14H19N3OS2/c1-14(2,3)11(15)12-16-13(18-17-12)10-6-8-7-19-5-4-9(8)20-10/h6,11H,4-5,7,15H2,1-3H3. The van der Waals surface area contributed by atoms with Crippen molar-refractivity contribution >= 4 is 23.1 Å². The van der Waals surface area contributed by atoms with Crippen LogP contribution in [0.25, 0.3) is 10.8 Å². The van der Waals surface area contributed by atoms with Gasteiger partial charge in [-0.05, 0) is 29.2 Å². The van der Waals surface area contributed by atoms with Crippen LogP contribution in [-0.2, 0) is 12.2 Å². The summed E-state index contributed by atoms with van der Waals surface area (Å²) < 4.78 is 5.41. The quantitative estimate of drug-likeness (QED) is 0.917. The number of nitrogens with zero attached hydrogens (tertiary/aromatic N) is 2. The second-order valence-corrected chi connectivity index (χ2v) is 8.40. The van der Waals surface area contributed by atoms with E-state index >= 15 is 0 Å². The third-order valence-electron chi connectivity index (χ3n) is 3.49. The van der Waals surface area contributed by atoms with Gasteiger partial charge < -0.3 is 10.3 Å². The van der Waals surface area contributed by atoms with Gasteiger partial charge in [-0.15, -0.1) is 11.3 Å². The molecular weight excluding hydrogens is 290 g/mol. The topological polar surface area (TPSA) is 64.9 Å². The Morgan fingerprint density at radius 1 is 1.40 bits per heavy atom. The number of rotatable bonds is 2. The summed E-state index contributed by atoms with van der Waals surface area (Å²) in [7, 11) is 0. The Morgan fingerprint density at radius 3 is 2.90 bits per heavy atom. The Hall–Kier alpha value is -0.850. The van der Waals surface area contributed by atoms with Gasteiger partial charge in [-0.3, -0.25) is 0 Å². The van der Waals surface area contributed by atoms with Crippen LogP contribution >= 0.6 is 23.1 Å². The molecule has 108 valence electrons. The fraction of sp³-hybridized carbons (Fsp3) is 0.571. The second kappa shape index (κ2) is 5.16. The summed E-state index contributed by atoms with van der Waals surface area (Å²) in [5.41, 5.74) is 7.52. The van der Waals surface area contributed by atoms with E-state index in [4.69, 9.17) is 10.3 Å². The van der Waals surface area contributed by atoms with E-state index in [2.05, 4.69) is 37.0 Å². The largest absolute Gasteiger partial charge is 0.333 e. The first-order chi connectivity index (χ1) is 9.45. The van der Waals surface area contributed by atoms with Gasteiger partial charge in [0.1, 0.15) is 0 Å². The van der Waals surface area contributed by atoms with Crippen LogP contribution in [0.5, 0.6) is 0 Å². The highest BCUT2D eigenvalue weighted by molar-refractivity contribution is 7.98. The van der Waals surface area contributed by atoms with Gasteiger partial charge in [0, 0.05) is 10.6 Å². The molecule has 3 rings (SSSR count). The Labute approximate surface area is 127 Å². The summed E-state index contributed by atoms with van der Waals surface area (Å²) >= 11 is 3.75. The normalized spacial score (nSPS) is 17.0. The molecule has 2 N–H and O–H groups in total. The van der Waals surface area contributed by atoms with Gasteiger partial charge in [0.05, 0.1) is 10.9 Å². The molecule has 0 spiro atoms. The summed E-state index contributed by atoms with van der Waals surface area (Å²) in [5, 5.41) is 4.06. The Morgan fingerprint density at radius 2 is 2.20 bits per heavy atom. The fourth-order valence-electron chi connectivity index (χ4n) is 2.10. The van der Waals surface area contributed by atoms with Gasteiger partial charge in [-0.1, -0.05) is 25.9 Å². The van der Waals surface area contributed by atoms with Crippen LogP contribution in [0.3, 0.4) is 0 Å². The minimum Gasteiger partial charge on any atom is -0.333 e. The average molecular weight is 309 g/mol. The summed E-state index contributed by atoms with van der Waals surface area (Å²) in [5.74, 6) is 3.49. The van der Waals surface area contributed by atoms with Crippen molar-refractivity contribution in [1.29, 1.82) is 0 Å². The fourth-order valence-corrected chi connectivity index (χ4v) is 4.40. The van der Waals surface area contributed by atoms with Gasteiger partial charge in [0.15, 0.2) is 5.82 Å². The summed E-state index contributed by atoms with van der Waals surface area (Å²) in [4.78, 5) is 7.02. The first kappa shape index (κ1) is 14.1. The molecule has 0 amide bonds. The molecule has 1 atom stereocenters. The lowest BCUT2D eigenvalue weighted by Crippen LogP contribution is -2.27. The van der Waals surface area contributed by atoms with Gasteiger partial charge >= 0.3 is 0 Å². The molecular formula is C14H19N3OS2. The molecule has 0 saturated heterocycles. The SMILES string of the molecule is CC(C)(C)C(N)c1noc(-c2cc3c(s2)CCSC3)n1. The maximum absolute atomic E-state index is 6.18. The van der Waals surface area contributed by atoms with Crippen LogP contribution in [0.2, 0.25) is 0 Å². The van der Waals surface area contributed by atoms with E-state index in [0.717, 1.165) is 17.1 Å². The molecule has 4 nitrogen and oxygen atoms in total. The van der Waals surface area contributed by atoms with Crippen molar-refractivity contribution in [2.45, 2.75) is 39.0 Å². The van der Waals surface area contributed by atoms with Crippen molar-refractivity contribution in [3.63, 3.8) is 0 Å². The van der Waals surface area contributed by atoms with E-state index in [-0.39, 0.29) is 11.5 Å². The van der Waals surface area contributed by atoms with E-state index in [1.54, 1.807) is 11.3 Å². The number of thioether (sulfide) groups is 1. The molecule has 0 bridgehead atoms. The van der Waals surface area contributed by atoms with Crippen molar-refractivity contribution in [3.8, 4) is 10.8 Å². The maximum Gasteiger partial charge on any atom is 0.268 e. The Kier molecular flexibility index (Phi) is 3.64. The average Bonchev–Trinajstić information content (AvgIpc) is 3.03. The van der Waals surface area contributed by atoms with E-state index in [1.165, 1.54) is 16.2 Å². The van der Waals surface area contributed by atoms with E-state index in [9.17, 15) is 0 Å². The zero-order valence-corrected chi connectivity index (χ0v) is 13.6. The summed E-state index contributed by atoms with van der Waals surface area (Å²) in [6, 6.07) is 1.97. The van der Waals surface area contributed by atoms with Crippen molar-refractivity contribution < 1.29 is 4.52 Å². The lowest BCUT2D eigenvalue weighted by molar-refractivity contribution is 0.303. The molecule has 3 heterocycles. The predicted molar refractivity (Wildman–Crippen MR) is 83.9 cm³/mol. The van der Waals surface area contributed by atoms with E-state index in [1.807, 2.05) is 11.8 Å². The molecule has 2 aromatic rings. The molecule has 2 aromatic heterocycles. The smallest absolute Gasteiger partial charge is 0.268 e. The van der Waals surface area contributed by atoms with Crippen molar-refractivity contribution in [2.75, 3.05) is 5.75 Å². The first-order valence-corrected chi connectivity index (χ1v) is 8.71. The highest BCUT2D eigenvalue weighted by Gasteiger charge is 2.27. The number of nitrogens with two attached hydrogens (primary N) is 1. The highest BCUT2D eigenvalue weighted by Crippen LogP contribution is 2.37. The zero-order chi connectivity index (χ0) is 14.3. The van der Waals surface area contributed by atoms with Crippen LogP contribution in [0.1, 0.15) is 43.1 Å². The van der Waals surface area contributed by atoms with Gasteiger partial charge in [0.25, 0.3) is 5.89 Å². The zero-order valence-electron chi connectivity index (χ0n) is 12.0. The number of aromatic nitrogens is 2. The van der Waals surface area contributed by atoms with Crippen LogP contribution in [-0.4, -0.2) is 15.9 Å². The molecule has 1 aliphatic rings. The van der Waals surface area contributed by atoms with Gasteiger partial charge in [-0.25, -0.2) is 0 Å². The van der Waals surface area contributed by atoms with Crippen molar-refractivity contribution in [2.24, 2.45) is 11.1 Å². The summed E-state index contributed by atoms with van der Waals surface area (Å²) in [6.07, 6.45) is 1.15. The van der Waals surface area contributed by atoms with Crippen molar-refractivity contribution in [3.05, 3.63) is 22.3 Å². The van der Waals surface area contributed by atoms with Gasteiger partial charge in [0.2, 0.25) is 0 Å². The van der Waals surface area contributed by atoms with E-state index in [0.29, 0.717) is 11.7 Å². The number of hydrogen-bond acceptors (Lipinski definition) is 6. The Bertz CT molecular complexity index is 589. The molecule has 20 heavy (non-hydrogen) atoms. The monoisotopic (exact) mass is 309 g/mol. The highest BCUT2D eigenvalue weighted by atomic mass is 32.2. The van der Waals surface area contributed by atoms with Gasteiger partial charge in [-0.2, -0.15) is 16.7 Å². The molecule has 6 heteroatoms. The molecule has 0 radical (unpaired) electrons. The molecule has 0 saturated carbocycles. The third kappa shape index (κ3) is 2.64. The molecule has 0 aromatic carbocycles. The molecule has 1 unspecified atom stereocenters. The van der Waals surface area contributed by atoms with Crippen molar-refractivity contribution in [1.82, 2.24) is 10.1 Å². The number of thiophene rings is 1. The minimum absolute atomic E-state index is 0.0769. The second-order valence-electron chi connectivity index (χ2n) is 6.16. The maximum atomic E-state index is 6.18. The van der Waals surface area contributed by atoms with Crippen LogP contribution in [0.4, 0.5) is 0 Å². The molecule has 0 fully saturated rings. The minimum atomic E-state index is -0.217. The Balaban J connectivity index is 1.88. The predicted octanol–water partition coefficient (Wildman–Crippen LogP) is 3.63. The number of aryl methyl sites for hydroxylation is 1. The van der Waals surface area contributed by atoms with Crippen LogP contribution < -0.4 is 5.73 Å². The third-order valence-corrected chi connectivity index (χ3v) is 5.72. The van der Waals surface area contributed by atoms with Crippen LogP contribution in [0.15, 0.2) is 10.6 Å². The molecule has 0 aliphatic carbocycles. The first-order valence-electron chi connectivity index (χ1n) is 6.74. The van der Waals surface area contributed by atoms with E-state index < -0.39 is 0 Å². The number of hydrogen-bond donors (Lipinski definition) is 1. The molecule has 1 aliphatic heterocycles. The van der Waals surface area contributed by atoms with Crippen LogP contribution in [0, 0.1) is 5.41 Å². The summed E-state index contributed by atoms with van der Waals surface area (Å²) in [6.45, 7) is 6.23. The number of fused-ring (bicyclic) bond motifs is 1. The lowest BCUT2D eigenvalue weighted by Gasteiger charge is -2.23.